The molecule has 4 rings (SSSR count). The summed E-state index contributed by atoms with van der Waals surface area (Å²) in [5.41, 5.74) is 4.27. The normalized spacial score (nSPS) is 18.0. The molecule has 2 aromatic carbocycles. The lowest BCUT2D eigenvalue weighted by Crippen LogP contribution is -2.33. The Morgan fingerprint density at radius 1 is 1.21 bits per heavy atom. The summed E-state index contributed by atoms with van der Waals surface area (Å²) in [6.07, 6.45) is 5.75. The second-order valence-corrected chi connectivity index (χ2v) is 7.43. The summed E-state index contributed by atoms with van der Waals surface area (Å²) in [4.78, 5) is 18.9. The van der Waals surface area contributed by atoms with Gasteiger partial charge in [-0.3, -0.25) is 4.79 Å². The summed E-state index contributed by atoms with van der Waals surface area (Å²) in [5.74, 6) is 0.888. The number of hydrogen-bond acceptors (Lipinski definition) is 3. The van der Waals surface area contributed by atoms with Crippen LogP contribution in [0.15, 0.2) is 54.6 Å². The Hall–Kier alpha value is -2.92. The molecule has 5 heteroatoms. The van der Waals surface area contributed by atoms with E-state index in [-0.39, 0.29) is 5.91 Å². The van der Waals surface area contributed by atoms with E-state index in [9.17, 15) is 4.79 Å². The standard InChI is InChI=1S/C23H26N4O/c1-24-22(28)13-12-17-7-5-8-18(15-17)23-25-20-10-3-4-11-21(20)27(23)19-9-6-14-26(2)16-19/h3-5,7-8,10-13,15,19H,6,9,14,16H2,1-2H3,(H,24,28)/b13-12+. The highest BCUT2D eigenvalue weighted by Gasteiger charge is 2.24. The first-order valence-electron chi connectivity index (χ1n) is 9.81. The van der Waals surface area contributed by atoms with Crippen LogP contribution in [-0.4, -0.2) is 47.5 Å². The van der Waals surface area contributed by atoms with E-state index in [4.69, 9.17) is 4.98 Å². The van der Waals surface area contributed by atoms with Crippen molar-refractivity contribution in [2.24, 2.45) is 0 Å². The average molecular weight is 374 g/mol. The van der Waals surface area contributed by atoms with E-state index in [0.717, 1.165) is 42.0 Å². The van der Waals surface area contributed by atoms with Crippen LogP contribution in [0.1, 0.15) is 24.4 Å². The third-order valence-electron chi connectivity index (χ3n) is 5.38. The molecule has 1 atom stereocenters. The number of rotatable bonds is 4. The Balaban J connectivity index is 1.79. The van der Waals surface area contributed by atoms with Crippen LogP contribution in [0.3, 0.4) is 0 Å². The number of likely N-dealkylation sites (tertiary alicyclic amines) is 1. The van der Waals surface area contributed by atoms with Crippen molar-refractivity contribution in [3.63, 3.8) is 0 Å². The molecule has 0 aliphatic carbocycles. The zero-order chi connectivity index (χ0) is 19.5. The second kappa shape index (κ2) is 7.98. The van der Waals surface area contributed by atoms with Crippen LogP contribution in [0.4, 0.5) is 0 Å². The van der Waals surface area contributed by atoms with E-state index in [1.165, 1.54) is 11.9 Å². The van der Waals surface area contributed by atoms with Crippen LogP contribution in [0.2, 0.25) is 0 Å². The molecule has 0 bridgehead atoms. The number of nitrogens with zero attached hydrogens (tertiary/aromatic N) is 3. The number of fused-ring (bicyclic) bond motifs is 1. The molecule has 1 unspecified atom stereocenters. The Morgan fingerprint density at radius 3 is 2.89 bits per heavy atom. The number of amides is 1. The van der Waals surface area contributed by atoms with Gasteiger partial charge in [0.1, 0.15) is 5.82 Å². The first-order valence-corrected chi connectivity index (χ1v) is 9.81. The highest BCUT2D eigenvalue weighted by atomic mass is 16.1. The Bertz CT molecular complexity index is 1020. The number of imidazole rings is 1. The first-order chi connectivity index (χ1) is 13.7. The third-order valence-corrected chi connectivity index (χ3v) is 5.38. The number of piperidine rings is 1. The van der Waals surface area contributed by atoms with Crippen LogP contribution < -0.4 is 5.32 Å². The molecule has 0 saturated carbocycles. The van der Waals surface area contributed by atoms with Crippen molar-refractivity contribution in [1.82, 2.24) is 19.8 Å². The van der Waals surface area contributed by atoms with E-state index >= 15 is 0 Å². The van der Waals surface area contributed by atoms with Crippen LogP contribution in [0.25, 0.3) is 28.5 Å². The van der Waals surface area contributed by atoms with E-state index in [0.29, 0.717) is 6.04 Å². The quantitative estimate of drug-likeness (QED) is 0.708. The first kappa shape index (κ1) is 18.4. The summed E-state index contributed by atoms with van der Waals surface area (Å²) in [6.45, 7) is 2.18. The number of likely N-dealkylation sites (N-methyl/N-ethyl adjacent to an activating group) is 2. The van der Waals surface area contributed by atoms with Crippen LogP contribution in [-0.2, 0) is 4.79 Å². The maximum Gasteiger partial charge on any atom is 0.243 e. The summed E-state index contributed by atoms with van der Waals surface area (Å²) < 4.78 is 2.41. The molecule has 1 aliphatic rings. The molecule has 1 aliphatic heterocycles. The molecule has 1 fully saturated rings. The molecular weight excluding hydrogens is 348 g/mol. The van der Waals surface area contributed by atoms with Crippen molar-refractivity contribution in [3.05, 3.63) is 60.2 Å². The van der Waals surface area contributed by atoms with Crippen molar-refractivity contribution >= 4 is 23.0 Å². The summed E-state index contributed by atoms with van der Waals surface area (Å²) >= 11 is 0. The maximum atomic E-state index is 11.5. The number of benzene rings is 2. The van der Waals surface area contributed by atoms with E-state index in [2.05, 4.69) is 52.2 Å². The minimum absolute atomic E-state index is 0.108. The lowest BCUT2D eigenvalue weighted by Gasteiger charge is -2.32. The van der Waals surface area contributed by atoms with Crippen molar-refractivity contribution in [2.75, 3.05) is 27.2 Å². The Morgan fingerprint density at radius 2 is 2.07 bits per heavy atom. The number of carbonyl (C=O) groups excluding carboxylic acids is 1. The van der Waals surface area contributed by atoms with Gasteiger partial charge in [0.25, 0.3) is 0 Å². The molecule has 1 N–H and O–H groups in total. The van der Waals surface area contributed by atoms with E-state index < -0.39 is 0 Å². The van der Waals surface area contributed by atoms with Gasteiger partial charge >= 0.3 is 0 Å². The van der Waals surface area contributed by atoms with Gasteiger partial charge < -0.3 is 14.8 Å². The topological polar surface area (TPSA) is 50.2 Å². The number of hydrogen-bond donors (Lipinski definition) is 1. The van der Waals surface area contributed by atoms with Crippen LogP contribution >= 0.6 is 0 Å². The molecule has 1 aromatic heterocycles. The zero-order valence-electron chi connectivity index (χ0n) is 16.4. The lowest BCUT2D eigenvalue weighted by molar-refractivity contribution is -0.115. The maximum absolute atomic E-state index is 11.5. The van der Waals surface area contributed by atoms with E-state index in [1.54, 1.807) is 13.1 Å². The molecule has 3 aromatic rings. The van der Waals surface area contributed by atoms with Gasteiger partial charge in [-0.15, -0.1) is 0 Å². The number of nitrogens with one attached hydrogen (secondary N) is 1. The number of para-hydroxylation sites is 2. The van der Waals surface area contributed by atoms with Crippen molar-refractivity contribution in [2.45, 2.75) is 18.9 Å². The van der Waals surface area contributed by atoms with Gasteiger partial charge in [0, 0.05) is 31.3 Å². The van der Waals surface area contributed by atoms with Gasteiger partial charge in [-0.25, -0.2) is 4.98 Å². The largest absolute Gasteiger partial charge is 0.356 e. The minimum Gasteiger partial charge on any atom is -0.356 e. The highest BCUT2D eigenvalue weighted by Crippen LogP contribution is 2.32. The zero-order valence-corrected chi connectivity index (χ0v) is 16.4. The Kier molecular flexibility index (Phi) is 5.26. The van der Waals surface area contributed by atoms with Crippen LogP contribution in [0.5, 0.6) is 0 Å². The monoisotopic (exact) mass is 374 g/mol. The molecule has 0 spiro atoms. The molecule has 5 nitrogen and oxygen atoms in total. The van der Waals surface area contributed by atoms with Gasteiger partial charge in [-0.1, -0.05) is 30.3 Å². The SMILES string of the molecule is CNC(=O)/C=C/c1cccc(-c2nc3ccccc3n2C2CCCN(C)C2)c1. The molecule has 144 valence electrons. The minimum atomic E-state index is -0.108. The van der Waals surface area contributed by atoms with Gasteiger partial charge in [0.15, 0.2) is 0 Å². The molecular formula is C23H26N4O. The second-order valence-electron chi connectivity index (χ2n) is 7.43. The summed E-state index contributed by atoms with van der Waals surface area (Å²) in [6, 6.07) is 17.0. The number of aromatic nitrogens is 2. The predicted molar refractivity (Wildman–Crippen MR) is 114 cm³/mol. The van der Waals surface area contributed by atoms with Gasteiger partial charge in [-0.2, -0.15) is 0 Å². The lowest BCUT2D eigenvalue weighted by atomic mass is 10.0. The average Bonchev–Trinajstić information content (AvgIpc) is 3.12. The highest BCUT2D eigenvalue weighted by molar-refractivity contribution is 5.91. The predicted octanol–water partition coefficient (Wildman–Crippen LogP) is 3.73. The molecule has 1 amide bonds. The van der Waals surface area contributed by atoms with E-state index in [1.807, 2.05) is 24.3 Å². The van der Waals surface area contributed by atoms with Crippen molar-refractivity contribution < 1.29 is 4.79 Å². The molecule has 28 heavy (non-hydrogen) atoms. The fourth-order valence-corrected chi connectivity index (χ4v) is 4.00. The van der Waals surface area contributed by atoms with Gasteiger partial charge in [-0.05, 0) is 56.3 Å². The third kappa shape index (κ3) is 3.71. The van der Waals surface area contributed by atoms with Crippen molar-refractivity contribution in [1.29, 1.82) is 0 Å². The molecule has 0 radical (unpaired) electrons. The summed E-state index contributed by atoms with van der Waals surface area (Å²) in [5, 5.41) is 2.61. The van der Waals surface area contributed by atoms with Gasteiger partial charge in [0.2, 0.25) is 5.91 Å². The fourth-order valence-electron chi connectivity index (χ4n) is 4.00. The molecule has 1 saturated heterocycles. The summed E-state index contributed by atoms with van der Waals surface area (Å²) in [7, 11) is 3.82. The van der Waals surface area contributed by atoms with Crippen LogP contribution in [0, 0.1) is 0 Å². The fraction of sp³-hybridized carbons (Fsp3) is 0.304. The van der Waals surface area contributed by atoms with Gasteiger partial charge in [0.05, 0.1) is 11.0 Å². The smallest absolute Gasteiger partial charge is 0.243 e. The Labute approximate surface area is 165 Å². The molecule has 2 heterocycles. The van der Waals surface area contributed by atoms with Crippen molar-refractivity contribution in [3.8, 4) is 11.4 Å². The number of carbonyl (C=O) groups is 1.